The van der Waals surface area contributed by atoms with Crippen LogP contribution in [0.5, 0.6) is 0 Å². The van der Waals surface area contributed by atoms with E-state index in [4.69, 9.17) is 12.2 Å². The lowest BCUT2D eigenvalue weighted by molar-refractivity contribution is 0.897. The molecule has 0 spiro atoms. The Morgan fingerprint density at radius 2 is 2.09 bits per heavy atom. The second-order valence-electron chi connectivity index (χ2n) is 4.51. The van der Waals surface area contributed by atoms with Crippen LogP contribution in [0.2, 0.25) is 0 Å². The second kappa shape index (κ2) is 8.72. The highest BCUT2D eigenvalue weighted by Gasteiger charge is 2.08. The zero-order valence-corrected chi connectivity index (χ0v) is 13.2. The topological polar surface area (TPSA) is 48.8 Å². The van der Waals surface area contributed by atoms with E-state index in [2.05, 4.69) is 38.7 Å². The number of benzene rings is 1. The maximum atomic E-state index is 5.15. The third-order valence-corrected chi connectivity index (χ3v) is 3.07. The molecule has 0 saturated heterocycles. The molecule has 0 radical (unpaired) electrons. The number of hydrogen-bond donors (Lipinski definition) is 2. The van der Waals surface area contributed by atoms with Crippen molar-refractivity contribution in [3.63, 3.8) is 0 Å². The first-order chi connectivity index (χ1) is 10.8. The summed E-state index contributed by atoms with van der Waals surface area (Å²) in [7, 11) is 0. The van der Waals surface area contributed by atoms with Crippen molar-refractivity contribution >= 4 is 29.3 Å². The molecule has 1 aromatic carbocycles. The molecule has 1 aliphatic heterocycles. The molecule has 0 fully saturated rings. The average molecular weight is 310 g/mol. The monoisotopic (exact) mass is 310 g/mol. The molecule has 1 heterocycles. The van der Waals surface area contributed by atoms with Crippen LogP contribution >= 0.6 is 12.2 Å². The van der Waals surface area contributed by atoms with Crippen LogP contribution in [-0.4, -0.2) is 23.6 Å². The van der Waals surface area contributed by atoms with Crippen molar-refractivity contribution in [1.29, 1.82) is 0 Å². The van der Waals surface area contributed by atoms with Gasteiger partial charge in [-0.25, -0.2) is 4.99 Å². The maximum Gasteiger partial charge on any atom is 0.186 e. The van der Waals surface area contributed by atoms with Gasteiger partial charge >= 0.3 is 0 Å². The van der Waals surface area contributed by atoms with Crippen LogP contribution in [-0.2, 0) is 6.42 Å². The standard InChI is InChI=1S/C17H18N4S/c1-2-18-17(22)21-20-16(13-14-9-5-3-6-10-14)15-11-7-4-8-12-19-15/h3-10,12H,2,13H2,1H3,(H2,18,21,22)/b20-16+. The Bertz CT molecular complexity index is 665. The van der Waals surface area contributed by atoms with E-state index >= 15 is 0 Å². The van der Waals surface area contributed by atoms with Gasteiger partial charge in [0.15, 0.2) is 5.11 Å². The van der Waals surface area contributed by atoms with Gasteiger partial charge in [0.25, 0.3) is 0 Å². The summed E-state index contributed by atoms with van der Waals surface area (Å²) in [5.74, 6) is 0. The number of thiocarbonyl (C=S) groups is 1. The summed E-state index contributed by atoms with van der Waals surface area (Å²) in [5, 5.41) is 7.90. The Hall–Kier alpha value is -2.49. The number of nitrogens with zero attached hydrogens (tertiary/aromatic N) is 2. The molecule has 0 unspecified atom stereocenters. The molecule has 1 aliphatic rings. The molecule has 112 valence electrons. The van der Waals surface area contributed by atoms with Crippen LogP contribution in [0, 0.1) is 0 Å². The predicted octanol–water partition coefficient (Wildman–Crippen LogP) is 2.75. The van der Waals surface area contributed by atoms with Crippen molar-refractivity contribution in [2.45, 2.75) is 13.3 Å². The second-order valence-corrected chi connectivity index (χ2v) is 4.92. The number of hydrazone groups is 1. The van der Waals surface area contributed by atoms with Crippen LogP contribution in [0.4, 0.5) is 0 Å². The SMILES string of the molecule is CCNC(=S)N/N=C(\Cc1ccccc1)C1=C=CC=CC=N1. The first-order valence-electron chi connectivity index (χ1n) is 7.10. The normalized spacial score (nSPS) is 13.5. The number of rotatable bonds is 5. The zero-order valence-electron chi connectivity index (χ0n) is 12.4. The van der Waals surface area contributed by atoms with Gasteiger partial charge in [0.2, 0.25) is 0 Å². The largest absolute Gasteiger partial charge is 0.362 e. The fourth-order valence-electron chi connectivity index (χ4n) is 1.83. The van der Waals surface area contributed by atoms with E-state index < -0.39 is 0 Å². The summed E-state index contributed by atoms with van der Waals surface area (Å²) < 4.78 is 0. The van der Waals surface area contributed by atoms with Crippen molar-refractivity contribution in [3.05, 3.63) is 65.6 Å². The van der Waals surface area contributed by atoms with Gasteiger partial charge in [0, 0.05) is 19.2 Å². The van der Waals surface area contributed by atoms with E-state index in [-0.39, 0.29) is 0 Å². The van der Waals surface area contributed by atoms with Crippen molar-refractivity contribution in [1.82, 2.24) is 10.7 Å². The number of aliphatic imine (C=N–C) groups is 1. The highest BCUT2D eigenvalue weighted by molar-refractivity contribution is 7.80. The molecule has 0 bridgehead atoms. The number of allylic oxidation sites excluding steroid dienone is 3. The molecule has 22 heavy (non-hydrogen) atoms. The molecule has 5 heteroatoms. The van der Waals surface area contributed by atoms with Crippen molar-refractivity contribution in [3.8, 4) is 0 Å². The first kappa shape index (κ1) is 15.9. The smallest absolute Gasteiger partial charge is 0.186 e. The minimum atomic E-state index is 0.494. The summed E-state index contributed by atoms with van der Waals surface area (Å²) in [6, 6.07) is 10.1. The molecule has 0 amide bonds. The van der Waals surface area contributed by atoms with E-state index in [9.17, 15) is 0 Å². The molecular formula is C17H18N4S. The van der Waals surface area contributed by atoms with E-state index in [1.54, 1.807) is 6.21 Å². The molecule has 0 aliphatic carbocycles. The Morgan fingerprint density at radius 3 is 2.86 bits per heavy atom. The highest BCUT2D eigenvalue weighted by Crippen LogP contribution is 2.08. The third-order valence-electron chi connectivity index (χ3n) is 2.83. The van der Waals surface area contributed by atoms with Gasteiger partial charge in [-0.05, 0) is 36.9 Å². The molecule has 0 saturated carbocycles. The van der Waals surface area contributed by atoms with Crippen LogP contribution < -0.4 is 10.7 Å². The molecule has 2 rings (SSSR count). The molecule has 0 aromatic heterocycles. The Kier molecular flexibility index (Phi) is 6.30. The van der Waals surface area contributed by atoms with Crippen molar-refractivity contribution in [2.75, 3.05) is 6.54 Å². The summed E-state index contributed by atoms with van der Waals surface area (Å²) in [6.07, 6.45) is 7.95. The van der Waals surface area contributed by atoms with Gasteiger partial charge in [-0.15, -0.1) is 0 Å². The summed E-state index contributed by atoms with van der Waals surface area (Å²) in [4.78, 5) is 4.37. The first-order valence-corrected chi connectivity index (χ1v) is 7.51. The summed E-state index contributed by atoms with van der Waals surface area (Å²) in [5.41, 5.74) is 8.62. The van der Waals surface area contributed by atoms with Crippen molar-refractivity contribution in [2.24, 2.45) is 10.1 Å². The molecule has 4 nitrogen and oxygen atoms in total. The highest BCUT2D eigenvalue weighted by atomic mass is 32.1. The number of nitrogens with one attached hydrogen (secondary N) is 2. The van der Waals surface area contributed by atoms with Crippen LogP contribution in [0.25, 0.3) is 0 Å². The van der Waals surface area contributed by atoms with Gasteiger partial charge < -0.3 is 5.32 Å². The average Bonchev–Trinajstić information content (AvgIpc) is 2.82. The molecule has 0 atom stereocenters. The van der Waals surface area contributed by atoms with Crippen LogP contribution in [0.3, 0.4) is 0 Å². The molecule has 2 N–H and O–H groups in total. The predicted molar refractivity (Wildman–Crippen MR) is 96.2 cm³/mol. The minimum Gasteiger partial charge on any atom is -0.362 e. The van der Waals surface area contributed by atoms with Crippen molar-refractivity contribution < 1.29 is 0 Å². The minimum absolute atomic E-state index is 0.494. The lowest BCUT2D eigenvalue weighted by Gasteiger charge is -2.08. The Morgan fingerprint density at radius 1 is 1.27 bits per heavy atom. The van der Waals surface area contributed by atoms with Crippen LogP contribution in [0.15, 0.2) is 70.1 Å². The number of hydrogen-bond acceptors (Lipinski definition) is 3. The van der Waals surface area contributed by atoms with Gasteiger partial charge in [0.05, 0.1) is 5.71 Å². The van der Waals surface area contributed by atoms with E-state index in [1.165, 1.54) is 0 Å². The van der Waals surface area contributed by atoms with Crippen LogP contribution in [0.1, 0.15) is 12.5 Å². The lowest BCUT2D eigenvalue weighted by atomic mass is 10.1. The van der Waals surface area contributed by atoms with Gasteiger partial charge in [0.1, 0.15) is 5.70 Å². The van der Waals surface area contributed by atoms with E-state index in [1.807, 2.05) is 43.4 Å². The van der Waals surface area contributed by atoms with Gasteiger partial charge in [-0.1, -0.05) is 42.1 Å². The summed E-state index contributed by atoms with van der Waals surface area (Å²) >= 11 is 5.15. The Labute approximate surface area is 136 Å². The Balaban J connectivity index is 2.22. The fraction of sp³-hybridized carbons (Fsp3) is 0.176. The lowest BCUT2D eigenvalue weighted by Crippen LogP contribution is -2.32. The van der Waals surface area contributed by atoms with Gasteiger partial charge in [-0.3, -0.25) is 5.43 Å². The van der Waals surface area contributed by atoms with E-state index in [0.717, 1.165) is 17.8 Å². The maximum absolute atomic E-state index is 5.15. The molecular weight excluding hydrogens is 292 g/mol. The third kappa shape index (κ3) is 5.13. The van der Waals surface area contributed by atoms with E-state index in [0.29, 0.717) is 17.2 Å². The zero-order chi connectivity index (χ0) is 15.6. The fourth-order valence-corrected chi connectivity index (χ4v) is 2.02. The molecule has 1 aromatic rings. The quantitative estimate of drug-likeness (QED) is 0.380. The van der Waals surface area contributed by atoms with Gasteiger partial charge in [-0.2, -0.15) is 5.10 Å². The summed E-state index contributed by atoms with van der Waals surface area (Å²) in [6.45, 7) is 2.73.